The maximum absolute atomic E-state index is 4.28. The molecule has 1 aliphatic carbocycles. The van der Waals surface area contributed by atoms with E-state index in [1.807, 2.05) is 18.7 Å². The van der Waals surface area contributed by atoms with Crippen molar-refractivity contribution >= 4 is 23.1 Å². The second-order valence-corrected chi connectivity index (χ2v) is 8.06. The maximum atomic E-state index is 4.28. The number of thioether (sulfide) groups is 1. The summed E-state index contributed by atoms with van der Waals surface area (Å²) in [7, 11) is 0. The Morgan fingerprint density at radius 3 is 2.79 bits per heavy atom. The van der Waals surface area contributed by atoms with E-state index >= 15 is 0 Å². The lowest BCUT2D eigenvalue weighted by molar-refractivity contribution is 0.295. The smallest absolute Gasteiger partial charge is 0.174 e. The van der Waals surface area contributed by atoms with Crippen molar-refractivity contribution in [1.29, 1.82) is 0 Å². The molecule has 1 heterocycles. The van der Waals surface area contributed by atoms with Gasteiger partial charge in [-0.3, -0.25) is 0 Å². The van der Waals surface area contributed by atoms with Crippen LogP contribution in [0.15, 0.2) is 4.34 Å². The topological polar surface area (TPSA) is 37.8 Å². The Hall–Kier alpha value is -0.130. The van der Waals surface area contributed by atoms with Crippen LogP contribution in [0.3, 0.4) is 0 Å². The average Bonchev–Trinajstić information content (AvgIpc) is 2.82. The predicted octanol–water partition coefficient (Wildman–Crippen LogP) is 3.89. The molecule has 1 aromatic heterocycles. The lowest BCUT2D eigenvalue weighted by Crippen LogP contribution is -2.42. The van der Waals surface area contributed by atoms with Gasteiger partial charge in [0.25, 0.3) is 0 Å². The molecule has 1 N–H and O–H groups in total. The minimum absolute atomic E-state index is 0.650. The fourth-order valence-corrected chi connectivity index (χ4v) is 5.18. The molecule has 19 heavy (non-hydrogen) atoms. The van der Waals surface area contributed by atoms with E-state index in [-0.39, 0.29) is 0 Å². The molecular formula is C14H25N3S2. The van der Waals surface area contributed by atoms with Gasteiger partial charge in [0, 0.05) is 11.3 Å². The number of aryl methyl sites for hydroxylation is 1. The molecule has 0 aliphatic heterocycles. The maximum Gasteiger partial charge on any atom is 0.174 e. The lowest BCUT2D eigenvalue weighted by Gasteiger charge is -2.35. The van der Waals surface area contributed by atoms with Gasteiger partial charge in [-0.15, -0.1) is 10.2 Å². The molecule has 0 saturated heterocycles. The number of nitrogens with zero attached hydrogens (tertiary/aromatic N) is 2. The van der Waals surface area contributed by atoms with Crippen LogP contribution in [0.4, 0.5) is 0 Å². The van der Waals surface area contributed by atoms with Crippen LogP contribution in [-0.4, -0.2) is 28.0 Å². The summed E-state index contributed by atoms with van der Waals surface area (Å²) in [4.78, 5) is 0. The molecule has 5 heteroatoms. The first-order chi connectivity index (χ1) is 9.22. The van der Waals surface area contributed by atoms with E-state index in [2.05, 4.69) is 29.4 Å². The van der Waals surface area contributed by atoms with Crippen LogP contribution in [0.25, 0.3) is 0 Å². The van der Waals surface area contributed by atoms with Crippen molar-refractivity contribution in [3.8, 4) is 0 Å². The van der Waals surface area contributed by atoms with Crippen LogP contribution in [0.2, 0.25) is 0 Å². The zero-order valence-electron chi connectivity index (χ0n) is 12.2. The predicted molar refractivity (Wildman–Crippen MR) is 84.0 cm³/mol. The van der Waals surface area contributed by atoms with Crippen LogP contribution in [0.5, 0.6) is 0 Å². The van der Waals surface area contributed by atoms with Gasteiger partial charge in [-0.1, -0.05) is 43.4 Å². The third-order valence-corrected chi connectivity index (χ3v) is 6.17. The molecule has 0 radical (unpaired) electrons. The molecule has 1 saturated carbocycles. The first kappa shape index (κ1) is 15.3. The van der Waals surface area contributed by atoms with Gasteiger partial charge in [0.1, 0.15) is 5.01 Å². The quantitative estimate of drug-likeness (QED) is 0.865. The third-order valence-electron chi connectivity index (χ3n) is 3.89. The summed E-state index contributed by atoms with van der Waals surface area (Å²) in [6.07, 6.45) is 6.54. The van der Waals surface area contributed by atoms with E-state index in [1.165, 1.54) is 32.1 Å². The molecule has 3 atom stereocenters. The molecule has 3 nitrogen and oxygen atoms in total. The van der Waals surface area contributed by atoms with Crippen molar-refractivity contribution in [1.82, 2.24) is 15.5 Å². The zero-order chi connectivity index (χ0) is 13.7. The fraction of sp³-hybridized carbons (Fsp3) is 0.857. The van der Waals surface area contributed by atoms with Crippen molar-refractivity contribution in [3.05, 3.63) is 5.01 Å². The van der Waals surface area contributed by atoms with E-state index < -0.39 is 0 Å². The molecule has 3 unspecified atom stereocenters. The van der Waals surface area contributed by atoms with Gasteiger partial charge in [0.05, 0.1) is 0 Å². The number of hydrogen-bond donors (Lipinski definition) is 1. The Bertz CT molecular complexity index is 381. The van der Waals surface area contributed by atoms with Gasteiger partial charge >= 0.3 is 0 Å². The van der Waals surface area contributed by atoms with Gasteiger partial charge in [0.15, 0.2) is 4.34 Å². The summed E-state index contributed by atoms with van der Waals surface area (Å²) in [6.45, 7) is 7.72. The van der Waals surface area contributed by atoms with Crippen LogP contribution in [0, 0.1) is 12.8 Å². The number of aromatic nitrogens is 2. The van der Waals surface area contributed by atoms with Crippen molar-refractivity contribution < 1.29 is 0 Å². The molecule has 1 aromatic rings. The minimum atomic E-state index is 0.650. The highest BCUT2D eigenvalue weighted by molar-refractivity contribution is 8.01. The number of nitrogens with one attached hydrogen (secondary N) is 1. The van der Waals surface area contributed by atoms with Crippen LogP contribution < -0.4 is 5.32 Å². The standard InChI is InChI=1S/C14H25N3S2/c1-4-8-15-12-7-6-11(5-2)9-13(12)19-14-17-16-10(3)18-14/h11-13,15H,4-9H2,1-3H3. The molecule has 0 spiro atoms. The zero-order valence-corrected chi connectivity index (χ0v) is 13.8. The van der Waals surface area contributed by atoms with Crippen molar-refractivity contribution in [3.63, 3.8) is 0 Å². The molecular weight excluding hydrogens is 274 g/mol. The second kappa shape index (κ2) is 7.60. The Morgan fingerprint density at radius 1 is 1.32 bits per heavy atom. The normalized spacial score (nSPS) is 27.6. The average molecular weight is 300 g/mol. The highest BCUT2D eigenvalue weighted by Crippen LogP contribution is 2.38. The Kier molecular flexibility index (Phi) is 6.10. The summed E-state index contributed by atoms with van der Waals surface area (Å²) < 4.78 is 1.14. The summed E-state index contributed by atoms with van der Waals surface area (Å²) in [5, 5.41) is 13.9. The fourth-order valence-electron chi connectivity index (χ4n) is 2.73. The second-order valence-electron chi connectivity index (χ2n) is 5.39. The Balaban J connectivity index is 1.97. The molecule has 0 amide bonds. The number of hydrogen-bond acceptors (Lipinski definition) is 5. The van der Waals surface area contributed by atoms with Crippen molar-refractivity contribution in [2.75, 3.05) is 6.54 Å². The molecule has 1 fully saturated rings. The first-order valence-electron chi connectivity index (χ1n) is 7.43. The van der Waals surface area contributed by atoms with E-state index in [0.29, 0.717) is 11.3 Å². The minimum Gasteiger partial charge on any atom is -0.313 e. The highest BCUT2D eigenvalue weighted by atomic mass is 32.2. The lowest BCUT2D eigenvalue weighted by atomic mass is 9.84. The molecule has 108 valence electrons. The molecule has 2 rings (SSSR count). The van der Waals surface area contributed by atoms with E-state index in [4.69, 9.17) is 0 Å². The van der Waals surface area contributed by atoms with Gasteiger partial charge in [-0.2, -0.15) is 0 Å². The van der Waals surface area contributed by atoms with E-state index in [9.17, 15) is 0 Å². The van der Waals surface area contributed by atoms with Crippen molar-refractivity contribution in [2.24, 2.45) is 5.92 Å². The van der Waals surface area contributed by atoms with Gasteiger partial charge in [-0.25, -0.2) is 0 Å². The van der Waals surface area contributed by atoms with E-state index in [0.717, 1.165) is 21.8 Å². The Morgan fingerprint density at radius 2 is 2.16 bits per heavy atom. The third kappa shape index (κ3) is 4.43. The van der Waals surface area contributed by atoms with Crippen LogP contribution >= 0.6 is 23.1 Å². The highest BCUT2D eigenvalue weighted by Gasteiger charge is 2.30. The van der Waals surface area contributed by atoms with Gasteiger partial charge in [0.2, 0.25) is 0 Å². The summed E-state index contributed by atoms with van der Waals surface area (Å²) in [5.41, 5.74) is 0. The summed E-state index contributed by atoms with van der Waals surface area (Å²) >= 11 is 3.67. The van der Waals surface area contributed by atoms with Crippen LogP contribution in [-0.2, 0) is 0 Å². The van der Waals surface area contributed by atoms with Gasteiger partial charge < -0.3 is 5.32 Å². The molecule has 1 aliphatic rings. The summed E-state index contributed by atoms with van der Waals surface area (Å²) in [6, 6.07) is 0.650. The summed E-state index contributed by atoms with van der Waals surface area (Å²) in [5.74, 6) is 0.895. The molecule has 0 bridgehead atoms. The number of rotatable bonds is 6. The SMILES string of the molecule is CCCNC1CCC(CC)CC1Sc1nnc(C)s1. The Labute approximate surface area is 125 Å². The van der Waals surface area contributed by atoms with E-state index in [1.54, 1.807) is 11.3 Å². The largest absolute Gasteiger partial charge is 0.313 e. The van der Waals surface area contributed by atoms with Crippen molar-refractivity contribution in [2.45, 2.75) is 68.5 Å². The van der Waals surface area contributed by atoms with Crippen LogP contribution in [0.1, 0.15) is 51.0 Å². The molecule has 0 aromatic carbocycles. The first-order valence-corrected chi connectivity index (χ1v) is 9.12. The monoisotopic (exact) mass is 299 g/mol. The van der Waals surface area contributed by atoms with Gasteiger partial charge in [-0.05, 0) is 45.1 Å².